The van der Waals surface area contributed by atoms with E-state index in [1.54, 1.807) is 22.9 Å². The number of ketones is 1. The molecule has 1 aromatic heterocycles. The van der Waals surface area contributed by atoms with Crippen LogP contribution in [-0.4, -0.2) is 20.5 Å². The molecule has 1 aliphatic heterocycles. The zero-order valence-electron chi connectivity index (χ0n) is 14.8. The number of hydrogen-bond acceptors (Lipinski definition) is 4. The molecule has 1 atom stereocenters. The second-order valence-electron chi connectivity index (χ2n) is 6.96. The number of benzene rings is 2. The SMILES string of the molecule is O=C1CCCC2=C1C(c1cccc(F)c1)n1nc(-c3ccc(Cl)cc3)nc1N2. The molecule has 0 spiro atoms. The van der Waals surface area contributed by atoms with Crippen LogP contribution in [0.5, 0.6) is 0 Å². The molecule has 0 fully saturated rings. The number of nitrogens with one attached hydrogen (secondary N) is 1. The number of hydrogen-bond donors (Lipinski definition) is 1. The highest BCUT2D eigenvalue weighted by molar-refractivity contribution is 6.30. The number of Topliss-reactive ketones (excluding diaryl/α,β-unsaturated/α-hetero) is 1. The molecule has 2 heterocycles. The van der Waals surface area contributed by atoms with Crippen LogP contribution in [0.15, 0.2) is 59.8 Å². The van der Waals surface area contributed by atoms with Crippen molar-refractivity contribution in [1.29, 1.82) is 0 Å². The van der Waals surface area contributed by atoms with E-state index in [0.717, 1.165) is 24.1 Å². The maximum Gasteiger partial charge on any atom is 0.226 e. The highest BCUT2D eigenvalue weighted by atomic mass is 35.5. The number of carbonyl (C=O) groups excluding carboxylic acids is 1. The van der Waals surface area contributed by atoms with E-state index in [0.29, 0.717) is 34.4 Å². The van der Waals surface area contributed by atoms with Crippen LogP contribution < -0.4 is 5.32 Å². The maximum atomic E-state index is 14.0. The van der Waals surface area contributed by atoms with Crippen LogP contribution in [-0.2, 0) is 4.79 Å². The number of halogens is 2. The zero-order chi connectivity index (χ0) is 19.3. The Morgan fingerprint density at radius 2 is 1.96 bits per heavy atom. The minimum atomic E-state index is -0.497. The van der Waals surface area contributed by atoms with Crippen molar-refractivity contribution in [2.24, 2.45) is 0 Å². The van der Waals surface area contributed by atoms with E-state index in [1.165, 1.54) is 12.1 Å². The summed E-state index contributed by atoms with van der Waals surface area (Å²) in [7, 11) is 0. The quantitative estimate of drug-likeness (QED) is 0.680. The summed E-state index contributed by atoms with van der Waals surface area (Å²) in [6, 6.07) is 13.1. The lowest BCUT2D eigenvalue weighted by atomic mass is 9.85. The number of nitrogens with zero attached hydrogens (tertiary/aromatic N) is 3. The van der Waals surface area contributed by atoms with Gasteiger partial charge >= 0.3 is 0 Å². The summed E-state index contributed by atoms with van der Waals surface area (Å²) < 4.78 is 15.6. The van der Waals surface area contributed by atoms with E-state index in [-0.39, 0.29) is 11.6 Å². The molecule has 0 bridgehead atoms. The van der Waals surface area contributed by atoms with Gasteiger partial charge in [-0.3, -0.25) is 4.79 Å². The average molecular weight is 395 g/mol. The summed E-state index contributed by atoms with van der Waals surface area (Å²) >= 11 is 5.98. The third-order valence-corrected chi connectivity index (χ3v) is 5.39. The summed E-state index contributed by atoms with van der Waals surface area (Å²) in [5, 5.41) is 8.56. The van der Waals surface area contributed by atoms with Crippen molar-refractivity contribution < 1.29 is 9.18 Å². The zero-order valence-corrected chi connectivity index (χ0v) is 15.6. The Morgan fingerprint density at radius 3 is 2.75 bits per heavy atom. The average Bonchev–Trinajstić information content (AvgIpc) is 3.10. The molecule has 140 valence electrons. The summed E-state index contributed by atoms with van der Waals surface area (Å²) in [5.41, 5.74) is 3.00. The van der Waals surface area contributed by atoms with Crippen LogP contribution in [0.1, 0.15) is 30.9 Å². The van der Waals surface area contributed by atoms with Crippen molar-refractivity contribution in [3.05, 3.63) is 76.2 Å². The molecule has 2 aromatic carbocycles. The fraction of sp³-hybridized carbons (Fsp3) is 0.190. The van der Waals surface area contributed by atoms with Crippen LogP contribution in [0.25, 0.3) is 11.4 Å². The Bertz CT molecular complexity index is 1120. The summed E-state index contributed by atoms with van der Waals surface area (Å²) in [5.74, 6) is 0.791. The number of fused-ring (bicyclic) bond motifs is 1. The van der Waals surface area contributed by atoms with Crippen molar-refractivity contribution >= 4 is 23.3 Å². The number of allylic oxidation sites excluding steroid dienone is 2. The maximum absolute atomic E-state index is 14.0. The third-order valence-electron chi connectivity index (χ3n) is 5.13. The molecule has 2 aliphatic rings. The van der Waals surface area contributed by atoms with Crippen LogP contribution in [0.4, 0.5) is 10.3 Å². The molecule has 28 heavy (non-hydrogen) atoms. The van der Waals surface area contributed by atoms with Gasteiger partial charge in [-0.2, -0.15) is 4.98 Å². The van der Waals surface area contributed by atoms with E-state index < -0.39 is 6.04 Å². The number of rotatable bonds is 2. The van der Waals surface area contributed by atoms with Crippen LogP contribution in [0.3, 0.4) is 0 Å². The predicted molar refractivity (Wildman–Crippen MR) is 105 cm³/mol. The topological polar surface area (TPSA) is 59.8 Å². The molecule has 0 saturated carbocycles. The molecule has 0 amide bonds. The standard InChI is InChI=1S/C21H16ClFN4O/c22-14-9-7-12(8-10-14)20-25-21-24-16-5-2-6-17(28)18(16)19(27(21)26-20)13-3-1-4-15(23)11-13/h1,3-4,7-11,19H,2,5-6H2,(H,24,25,26). The van der Waals surface area contributed by atoms with E-state index >= 15 is 0 Å². The van der Waals surface area contributed by atoms with E-state index in [1.807, 2.05) is 18.2 Å². The molecule has 5 nitrogen and oxygen atoms in total. The Labute approximate surface area is 165 Å². The second-order valence-corrected chi connectivity index (χ2v) is 7.40. The van der Waals surface area contributed by atoms with Crippen molar-refractivity contribution in [2.45, 2.75) is 25.3 Å². The first kappa shape index (κ1) is 17.1. The van der Waals surface area contributed by atoms with Crippen LogP contribution in [0, 0.1) is 5.82 Å². The van der Waals surface area contributed by atoms with Gasteiger partial charge in [0, 0.05) is 28.3 Å². The first-order chi connectivity index (χ1) is 13.6. The minimum Gasteiger partial charge on any atom is -0.328 e. The van der Waals surface area contributed by atoms with Gasteiger partial charge in [0.1, 0.15) is 11.9 Å². The molecule has 5 rings (SSSR count). The normalized spacial score (nSPS) is 18.5. The number of aromatic nitrogens is 3. The van der Waals surface area contributed by atoms with E-state index in [9.17, 15) is 9.18 Å². The molecule has 0 saturated heterocycles. The van der Waals surface area contributed by atoms with Gasteiger partial charge in [0.05, 0.1) is 0 Å². The predicted octanol–water partition coefficient (Wildman–Crippen LogP) is 4.76. The Balaban J connectivity index is 1.68. The number of anilines is 1. The van der Waals surface area contributed by atoms with Gasteiger partial charge in [0.2, 0.25) is 5.95 Å². The van der Waals surface area contributed by atoms with Gasteiger partial charge in [-0.05, 0) is 54.8 Å². The third kappa shape index (κ3) is 2.81. The van der Waals surface area contributed by atoms with Crippen molar-refractivity contribution in [2.75, 3.05) is 5.32 Å². The molecule has 3 aromatic rings. The molecule has 1 aliphatic carbocycles. The van der Waals surface area contributed by atoms with E-state index in [4.69, 9.17) is 11.6 Å². The first-order valence-electron chi connectivity index (χ1n) is 9.11. The summed E-state index contributed by atoms with van der Waals surface area (Å²) in [6.45, 7) is 0. The molecule has 0 radical (unpaired) electrons. The van der Waals surface area contributed by atoms with Gasteiger partial charge in [-0.1, -0.05) is 23.7 Å². The lowest BCUT2D eigenvalue weighted by Crippen LogP contribution is -2.31. The highest BCUT2D eigenvalue weighted by Gasteiger charge is 2.37. The van der Waals surface area contributed by atoms with Gasteiger partial charge in [0.15, 0.2) is 11.6 Å². The highest BCUT2D eigenvalue weighted by Crippen LogP contribution is 2.40. The Kier molecular flexibility index (Phi) is 4.02. The fourth-order valence-corrected chi connectivity index (χ4v) is 3.99. The molecule has 7 heteroatoms. The second kappa shape index (κ2) is 6.56. The monoisotopic (exact) mass is 394 g/mol. The Hall–Kier alpha value is -2.99. The Morgan fingerprint density at radius 1 is 1.14 bits per heavy atom. The summed E-state index contributed by atoms with van der Waals surface area (Å²) in [6.07, 6.45) is 2.04. The van der Waals surface area contributed by atoms with Crippen LogP contribution >= 0.6 is 11.6 Å². The smallest absolute Gasteiger partial charge is 0.226 e. The van der Waals surface area contributed by atoms with E-state index in [2.05, 4.69) is 15.4 Å². The fourth-order valence-electron chi connectivity index (χ4n) is 3.86. The largest absolute Gasteiger partial charge is 0.328 e. The summed E-state index contributed by atoms with van der Waals surface area (Å²) in [4.78, 5) is 17.4. The first-order valence-corrected chi connectivity index (χ1v) is 9.49. The number of carbonyl (C=O) groups is 1. The molecule has 1 unspecified atom stereocenters. The van der Waals surface area contributed by atoms with Gasteiger partial charge in [0.25, 0.3) is 0 Å². The molecular formula is C21H16ClFN4O. The van der Waals surface area contributed by atoms with Crippen LogP contribution in [0.2, 0.25) is 5.02 Å². The molecule has 1 N–H and O–H groups in total. The van der Waals surface area contributed by atoms with Gasteiger partial charge in [-0.25, -0.2) is 9.07 Å². The van der Waals surface area contributed by atoms with Crippen molar-refractivity contribution in [1.82, 2.24) is 14.8 Å². The lowest BCUT2D eigenvalue weighted by molar-refractivity contribution is -0.116. The van der Waals surface area contributed by atoms with Gasteiger partial charge < -0.3 is 5.32 Å². The van der Waals surface area contributed by atoms with Crippen molar-refractivity contribution in [3.8, 4) is 11.4 Å². The molecular weight excluding hydrogens is 379 g/mol. The minimum absolute atomic E-state index is 0.0669. The lowest BCUT2D eigenvalue weighted by Gasteiger charge is -2.32. The van der Waals surface area contributed by atoms with Crippen molar-refractivity contribution in [3.63, 3.8) is 0 Å². The van der Waals surface area contributed by atoms with Gasteiger partial charge in [-0.15, -0.1) is 5.10 Å².